The molecule has 1 saturated heterocycles. The summed E-state index contributed by atoms with van der Waals surface area (Å²) in [5, 5.41) is 7.42. The molecular weight excluding hydrogens is 521 g/mol. The summed E-state index contributed by atoms with van der Waals surface area (Å²) in [4.78, 5) is 5.07. The average molecular weight is 562 g/mol. The molecule has 0 aromatic heterocycles. The van der Waals surface area contributed by atoms with Gasteiger partial charge in [0.1, 0.15) is 0 Å². The van der Waals surface area contributed by atoms with Crippen molar-refractivity contribution in [3.05, 3.63) is 35.4 Å². The molecule has 7 heteroatoms. The maximum Gasteiger partial charge on any atom is 0.191 e. The quantitative estimate of drug-likeness (QED) is 0.296. The van der Waals surface area contributed by atoms with Gasteiger partial charge in [-0.3, -0.25) is 9.20 Å². The second kappa shape index (κ2) is 13.1. The van der Waals surface area contributed by atoms with Gasteiger partial charge >= 0.3 is 0 Å². The first kappa shape index (κ1) is 26.6. The monoisotopic (exact) mass is 561 g/mol. The largest absolute Gasteiger partial charge is 0.381 e. The highest BCUT2D eigenvalue weighted by Gasteiger charge is 2.35. The number of aryl methyl sites for hydroxylation is 1. The molecule has 1 saturated carbocycles. The van der Waals surface area contributed by atoms with Crippen molar-refractivity contribution in [3.63, 3.8) is 0 Å². The van der Waals surface area contributed by atoms with Crippen LogP contribution in [-0.2, 0) is 21.0 Å². The second-order valence-corrected chi connectivity index (χ2v) is 10.7. The molecule has 0 spiro atoms. The van der Waals surface area contributed by atoms with E-state index >= 15 is 0 Å². The van der Waals surface area contributed by atoms with Crippen molar-refractivity contribution in [1.29, 1.82) is 0 Å². The maximum atomic E-state index is 12.3. The molecule has 3 rings (SSSR count). The van der Waals surface area contributed by atoms with Crippen molar-refractivity contribution in [2.75, 3.05) is 32.1 Å². The average Bonchev–Trinajstić information content (AvgIpc) is 2.78. The zero-order chi connectivity index (χ0) is 21.4. The number of benzene rings is 1. The molecule has 1 heterocycles. The molecular formula is C24H40IN3O2S. The summed E-state index contributed by atoms with van der Waals surface area (Å²) in [6.45, 7) is 9.52. The first-order valence-electron chi connectivity index (χ1n) is 11.6. The molecule has 1 aliphatic heterocycles. The lowest BCUT2D eigenvalue weighted by molar-refractivity contribution is 0.0529. The number of guanidine groups is 1. The molecule has 0 bridgehead atoms. The molecule has 2 N–H and O–H groups in total. The zero-order valence-electron chi connectivity index (χ0n) is 19.3. The Morgan fingerprint density at radius 3 is 2.65 bits per heavy atom. The van der Waals surface area contributed by atoms with E-state index in [2.05, 4.69) is 48.7 Å². The number of hydrogen-bond acceptors (Lipinski definition) is 3. The number of ether oxygens (including phenoxy) is 1. The highest BCUT2D eigenvalue weighted by atomic mass is 127. The van der Waals surface area contributed by atoms with Crippen LogP contribution in [0, 0.1) is 6.92 Å². The number of nitrogens with zero attached hydrogens (tertiary/aromatic N) is 1. The number of hydrogen-bond donors (Lipinski definition) is 2. The second-order valence-electron chi connectivity index (χ2n) is 8.70. The van der Waals surface area contributed by atoms with Crippen molar-refractivity contribution >= 4 is 40.7 Å². The first-order valence-corrected chi connectivity index (χ1v) is 13.0. The fourth-order valence-electron chi connectivity index (χ4n) is 4.94. The minimum atomic E-state index is -0.709. The molecule has 3 atom stereocenters. The molecule has 176 valence electrons. The van der Waals surface area contributed by atoms with Crippen LogP contribution in [0.4, 0.5) is 0 Å². The molecule has 3 unspecified atom stereocenters. The van der Waals surface area contributed by atoms with Crippen LogP contribution >= 0.6 is 24.0 Å². The van der Waals surface area contributed by atoms with Gasteiger partial charge < -0.3 is 15.4 Å². The van der Waals surface area contributed by atoms with Gasteiger partial charge in [0.25, 0.3) is 0 Å². The Kier molecular flexibility index (Phi) is 11.3. The van der Waals surface area contributed by atoms with Gasteiger partial charge in [-0.15, -0.1) is 24.0 Å². The summed E-state index contributed by atoms with van der Waals surface area (Å²) in [5.41, 5.74) is 2.78. The van der Waals surface area contributed by atoms with Crippen LogP contribution < -0.4 is 10.6 Å². The highest BCUT2D eigenvalue weighted by molar-refractivity contribution is 14.0. The summed E-state index contributed by atoms with van der Waals surface area (Å²) in [6.07, 6.45) is 6.32. The Morgan fingerprint density at radius 1 is 1.23 bits per heavy atom. The van der Waals surface area contributed by atoms with Gasteiger partial charge in [-0.25, -0.2) is 0 Å². The molecule has 31 heavy (non-hydrogen) atoms. The Labute approximate surface area is 208 Å². The van der Waals surface area contributed by atoms with Gasteiger partial charge in [0.05, 0.1) is 6.54 Å². The van der Waals surface area contributed by atoms with E-state index in [0.29, 0.717) is 11.3 Å². The van der Waals surface area contributed by atoms with E-state index in [0.717, 1.165) is 76.5 Å². The number of halogens is 1. The summed E-state index contributed by atoms with van der Waals surface area (Å²) < 4.78 is 18.0. The minimum absolute atomic E-state index is 0. The van der Waals surface area contributed by atoms with Gasteiger partial charge in [-0.05, 0) is 57.1 Å². The third-order valence-corrected chi connectivity index (χ3v) is 8.41. The van der Waals surface area contributed by atoms with E-state index in [4.69, 9.17) is 9.73 Å². The lowest BCUT2D eigenvalue weighted by Gasteiger charge is -2.38. The molecule has 0 radical (unpaired) electrons. The molecule has 1 aromatic carbocycles. The summed E-state index contributed by atoms with van der Waals surface area (Å²) in [6, 6.07) is 9.07. The van der Waals surface area contributed by atoms with Gasteiger partial charge in [-0.2, -0.15) is 0 Å². The third kappa shape index (κ3) is 7.16. The smallest absolute Gasteiger partial charge is 0.191 e. The standard InChI is InChI=1S/C24H39N3O2S.HI/c1-4-25-23(27-20-10-8-11-21(17-20)30(28)5-2)26-18-24(13-15-29-16-14-24)22-12-7-6-9-19(22)3;/h6-7,9,12,20-21H,4-5,8,10-11,13-18H2,1-3H3,(H2,25,26,27);1H. The van der Waals surface area contributed by atoms with Crippen molar-refractivity contribution in [1.82, 2.24) is 10.6 Å². The van der Waals surface area contributed by atoms with E-state index in [-0.39, 0.29) is 29.4 Å². The lowest BCUT2D eigenvalue weighted by atomic mass is 9.72. The van der Waals surface area contributed by atoms with Crippen molar-refractivity contribution in [2.24, 2.45) is 4.99 Å². The number of aliphatic imine (C=N–C) groups is 1. The van der Waals surface area contributed by atoms with E-state index in [9.17, 15) is 4.21 Å². The van der Waals surface area contributed by atoms with Crippen LogP contribution in [0.15, 0.2) is 29.3 Å². The van der Waals surface area contributed by atoms with Crippen LogP contribution in [0.25, 0.3) is 0 Å². The van der Waals surface area contributed by atoms with E-state index < -0.39 is 10.8 Å². The topological polar surface area (TPSA) is 62.7 Å². The predicted molar refractivity (Wildman–Crippen MR) is 142 cm³/mol. The van der Waals surface area contributed by atoms with Crippen LogP contribution in [0.5, 0.6) is 0 Å². The van der Waals surface area contributed by atoms with E-state index in [1.807, 2.05) is 6.92 Å². The molecule has 5 nitrogen and oxygen atoms in total. The molecule has 2 aliphatic rings. The summed E-state index contributed by atoms with van der Waals surface area (Å²) >= 11 is 0. The van der Waals surface area contributed by atoms with Crippen LogP contribution in [0.2, 0.25) is 0 Å². The summed E-state index contributed by atoms with van der Waals surface area (Å²) in [5.74, 6) is 1.65. The van der Waals surface area contributed by atoms with Crippen LogP contribution in [-0.4, -0.2) is 53.5 Å². The van der Waals surface area contributed by atoms with Crippen LogP contribution in [0.1, 0.15) is 63.5 Å². The highest BCUT2D eigenvalue weighted by Crippen LogP contribution is 2.37. The summed E-state index contributed by atoms with van der Waals surface area (Å²) in [7, 11) is -0.709. The lowest BCUT2D eigenvalue weighted by Crippen LogP contribution is -2.47. The fourth-order valence-corrected chi connectivity index (χ4v) is 6.28. The van der Waals surface area contributed by atoms with E-state index in [1.54, 1.807) is 0 Å². The minimum Gasteiger partial charge on any atom is -0.381 e. The van der Waals surface area contributed by atoms with Gasteiger partial charge in [0.2, 0.25) is 0 Å². The molecule has 2 fully saturated rings. The van der Waals surface area contributed by atoms with Gasteiger partial charge in [-0.1, -0.05) is 37.6 Å². The first-order chi connectivity index (χ1) is 14.6. The number of nitrogens with one attached hydrogen (secondary N) is 2. The Morgan fingerprint density at radius 2 is 1.97 bits per heavy atom. The van der Waals surface area contributed by atoms with Crippen LogP contribution in [0.3, 0.4) is 0 Å². The Bertz CT molecular complexity index is 737. The zero-order valence-corrected chi connectivity index (χ0v) is 22.5. The van der Waals surface area contributed by atoms with Crippen molar-refractivity contribution in [3.8, 4) is 0 Å². The normalized spacial score (nSPS) is 24.7. The number of rotatable bonds is 7. The SMILES string of the molecule is CCNC(=NCC1(c2ccccc2C)CCOCC1)NC1CCCC(S(=O)CC)C1.I. The maximum absolute atomic E-state index is 12.3. The van der Waals surface area contributed by atoms with Gasteiger partial charge in [0, 0.05) is 53.0 Å². The molecule has 0 amide bonds. The van der Waals surface area contributed by atoms with Crippen molar-refractivity contribution < 1.29 is 8.95 Å². The molecule has 1 aromatic rings. The molecule has 1 aliphatic carbocycles. The Hall–Kier alpha value is -0.670. The Balaban J connectivity index is 0.00000341. The van der Waals surface area contributed by atoms with Gasteiger partial charge in [0.15, 0.2) is 5.96 Å². The third-order valence-electron chi connectivity index (χ3n) is 6.67. The van der Waals surface area contributed by atoms with Crippen molar-refractivity contribution in [2.45, 2.75) is 76.0 Å². The predicted octanol–water partition coefficient (Wildman–Crippen LogP) is 4.30. The van der Waals surface area contributed by atoms with E-state index in [1.165, 1.54) is 11.1 Å². The fraction of sp³-hybridized carbons (Fsp3) is 0.708.